The first-order chi connectivity index (χ1) is 16.2. The number of nitrogens with zero attached hydrogens (tertiary/aromatic N) is 1. The predicted octanol–water partition coefficient (Wildman–Crippen LogP) is 5.12. The summed E-state index contributed by atoms with van der Waals surface area (Å²) in [7, 11) is 1.60. The Hall–Kier alpha value is -3.54. The molecule has 172 valence electrons. The van der Waals surface area contributed by atoms with Gasteiger partial charge in [-0.3, -0.25) is 9.59 Å². The highest BCUT2D eigenvalue weighted by molar-refractivity contribution is 5.96. The number of carbonyl (C=O) groups is 2. The molecule has 2 amide bonds. The van der Waals surface area contributed by atoms with E-state index in [1.165, 1.54) is 12.7 Å². The Balaban J connectivity index is 1.71. The van der Waals surface area contributed by atoms with Gasteiger partial charge in [0.1, 0.15) is 11.8 Å². The van der Waals surface area contributed by atoms with Crippen LogP contribution in [0.4, 0.5) is 0 Å². The average molecular weight is 447 g/mol. The molecule has 1 aromatic heterocycles. The number of methoxy groups -OCH3 is 1. The normalized spacial score (nSPS) is 14.9. The minimum atomic E-state index is -0.810. The van der Waals surface area contributed by atoms with Crippen LogP contribution in [0.1, 0.15) is 59.8 Å². The monoisotopic (exact) mass is 446 g/mol. The third-order valence-corrected chi connectivity index (χ3v) is 6.13. The lowest BCUT2D eigenvalue weighted by atomic mass is 9.94. The Kier molecular flexibility index (Phi) is 7.45. The standard InChI is InChI=1S/C27H30N2O4/c1-32-23-16-14-21(15-17-23)25(26(30)28-22-11-6-3-7-12-22)29(19-20-9-4-2-5-10-20)27(31)24-13-8-18-33-24/h2,4-5,8-10,13-18,22,25H,3,6-7,11-12,19H2,1H3,(H,28,30)/t25-/m1/s1. The van der Waals surface area contributed by atoms with Crippen molar-refractivity contribution in [1.82, 2.24) is 10.2 Å². The van der Waals surface area contributed by atoms with Crippen molar-refractivity contribution in [3.63, 3.8) is 0 Å². The number of rotatable bonds is 8. The fourth-order valence-electron chi connectivity index (χ4n) is 4.39. The highest BCUT2D eigenvalue weighted by atomic mass is 16.5. The van der Waals surface area contributed by atoms with Crippen LogP contribution in [0.15, 0.2) is 77.4 Å². The third kappa shape index (κ3) is 5.64. The molecule has 1 saturated carbocycles. The highest BCUT2D eigenvalue weighted by Gasteiger charge is 2.34. The van der Waals surface area contributed by atoms with Gasteiger partial charge in [-0.05, 0) is 48.2 Å². The van der Waals surface area contributed by atoms with E-state index in [4.69, 9.17) is 9.15 Å². The Morgan fingerprint density at radius 2 is 1.73 bits per heavy atom. The molecule has 1 atom stereocenters. The lowest BCUT2D eigenvalue weighted by Gasteiger charge is -2.33. The molecule has 1 fully saturated rings. The smallest absolute Gasteiger partial charge is 0.290 e. The maximum atomic E-state index is 13.7. The fraction of sp³-hybridized carbons (Fsp3) is 0.333. The van der Waals surface area contributed by atoms with Gasteiger partial charge in [0, 0.05) is 12.6 Å². The maximum Gasteiger partial charge on any atom is 0.290 e. The van der Waals surface area contributed by atoms with Gasteiger partial charge in [-0.1, -0.05) is 61.7 Å². The van der Waals surface area contributed by atoms with E-state index in [1.807, 2.05) is 54.6 Å². The van der Waals surface area contributed by atoms with Gasteiger partial charge in [0.15, 0.2) is 5.76 Å². The zero-order valence-electron chi connectivity index (χ0n) is 18.9. The Bertz CT molecular complexity index is 1030. The molecule has 0 unspecified atom stereocenters. The molecule has 6 nitrogen and oxygen atoms in total. The van der Waals surface area contributed by atoms with Crippen LogP contribution in [0, 0.1) is 0 Å². The van der Waals surface area contributed by atoms with Crippen molar-refractivity contribution in [2.45, 2.75) is 50.7 Å². The summed E-state index contributed by atoms with van der Waals surface area (Å²) < 4.78 is 10.7. The number of hydrogen-bond donors (Lipinski definition) is 1. The molecule has 33 heavy (non-hydrogen) atoms. The molecule has 0 saturated heterocycles. The molecular formula is C27H30N2O4. The van der Waals surface area contributed by atoms with Crippen molar-refractivity contribution in [1.29, 1.82) is 0 Å². The van der Waals surface area contributed by atoms with Crippen LogP contribution in [0.2, 0.25) is 0 Å². The van der Waals surface area contributed by atoms with E-state index >= 15 is 0 Å². The summed E-state index contributed by atoms with van der Waals surface area (Å²) in [5.41, 5.74) is 1.65. The van der Waals surface area contributed by atoms with E-state index in [-0.39, 0.29) is 30.2 Å². The SMILES string of the molecule is COc1ccc([C@H](C(=O)NC2CCCCC2)N(Cc2ccccc2)C(=O)c2ccco2)cc1. The molecule has 2 aromatic carbocycles. The van der Waals surface area contributed by atoms with Crippen molar-refractivity contribution in [2.24, 2.45) is 0 Å². The van der Waals surface area contributed by atoms with E-state index in [2.05, 4.69) is 5.32 Å². The number of nitrogens with one attached hydrogen (secondary N) is 1. The summed E-state index contributed by atoms with van der Waals surface area (Å²) in [5, 5.41) is 3.22. The molecule has 0 aliphatic heterocycles. The molecule has 0 spiro atoms. The lowest BCUT2D eigenvalue weighted by molar-refractivity contribution is -0.127. The topological polar surface area (TPSA) is 71.8 Å². The average Bonchev–Trinajstić information content (AvgIpc) is 3.40. The fourth-order valence-corrected chi connectivity index (χ4v) is 4.39. The van der Waals surface area contributed by atoms with Crippen LogP contribution in [0.5, 0.6) is 5.75 Å². The first-order valence-corrected chi connectivity index (χ1v) is 11.5. The summed E-state index contributed by atoms with van der Waals surface area (Å²) in [6, 6.07) is 19.6. The zero-order chi connectivity index (χ0) is 23.0. The van der Waals surface area contributed by atoms with E-state index in [9.17, 15) is 9.59 Å². The van der Waals surface area contributed by atoms with Crippen LogP contribution in [-0.2, 0) is 11.3 Å². The molecule has 0 radical (unpaired) electrons. The van der Waals surface area contributed by atoms with E-state index in [0.717, 1.165) is 36.8 Å². The Morgan fingerprint density at radius 3 is 2.36 bits per heavy atom. The summed E-state index contributed by atoms with van der Waals surface area (Å²) in [6.45, 7) is 0.273. The minimum Gasteiger partial charge on any atom is -0.497 e. The molecular weight excluding hydrogens is 416 g/mol. The molecule has 6 heteroatoms. The van der Waals surface area contributed by atoms with Crippen LogP contribution >= 0.6 is 0 Å². The zero-order valence-corrected chi connectivity index (χ0v) is 18.9. The van der Waals surface area contributed by atoms with Crippen molar-refractivity contribution >= 4 is 11.8 Å². The van der Waals surface area contributed by atoms with Gasteiger partial charge in [-0.25, -0.2) is 0 Å². The minimum absolute atomic E-state index is 0.129. The number of hydrogen-bond acceptors (Lipinski definition) is 4. The van der Waals surface area contributed by atoms with Crippen LogP contribution in [0.25, 0.3) is 0 Å². The van der Waals surface area contributed by atoms with Crippen molar-refractivity contribution in [3.8, 4) is 5.75 Å². The summed E-state index contributed by atoms with van der Waals surface area (Å²) in [4.78, 5) is 28.9. The van der Waals surface area contributed by atoms with Crippen molar-refractivity contribution in [2.75, 3.05) is 7.11 Å². The first-order valence-electron chi connectivity index (χ1n) is 11.5. The summed E-state index contributed by atoms with van der Waals surface area (Å²) in [5.74, 6) is 0.387. The second kappa shape index (κ2) is 10.9. The van der Waals surface area contributed by atoms with Crippen LogP contribution in [0.3, 0.4) is 0 Å². The Morgan fingerprint density at radius 1 is 1.00 bits per heavy atom. The first kappa shape index (κ1) is 22.6. The van der Waals surface area contributed by atoms with Gasteiger partial charge in [0.2, 0.25) is 5.91 Å². The molecule has 3 aromatic rings. The molecule has 0 bridgehead atoms. The Labute approximate surface area is 194 Å². The van der Waals surface area contributed by atoms with E-state index in [1.54, 1.807) is 24.1 Å². The highest BCUT2D eigenvalue weighted by Crippen LogP contribution is 2.28. The number of benzene rings is 2. The van der Waals surface area contributed by atoms with Crippen molar-refractivity contribution in [3.05, 3.63) is 89.9 Å². The number of carbonyl (C=O) groups excluding carboxylic acids is 2. The van der Waals surface area contributed by atoms with Gasteiger partial charge in [-0.15, -0.1) is 0 Å². The van der Waals surface area contributed by atoms with Gasteiger partial charge in [0.25, 0.3) is 5.91 Å². The third-order valence-electron chi connectivity index (χ3n) is 6.13. The molecule has 4 rings (SSSR count). The van der Waals surface area contributed by atoms with Gasteiger partial charge >= 0.3 is 0 Å². The van der Waals surface area contributed by atoms with E-state index in [0.29, 0.717) is 5.75 Å². The number of furan rings is 1. The largest absolute Gasteiger partial charge is 0.497 e. The molecule has 1 aliphatic rings. The predicted molar refractivity (Wildman–Crippen MR) is 126 cm³/mol. The second-order valence-corrected chi connectivity index (χ2v) is 8.42. The summed E-state index contributed by atoms with van der Waals surface area (Å²) in [6.07, 6.45) is 6.82. The summed E-state index contributed by atoms with van der Waals surface area (Å²) >= 11 is 0. The van der Waals surface area contributed by atoms with E-state index < -0.39 is 6.04 Å². The van der Waals surface area contributed by atoms with Gasteiger partial charge in [-0.2, -0.15) is 0 Å². The maximum absolute atomic E-state index is 13.7. The molecule has 1 aliphatic carbocycles. The van der Waals surface area contributed by atoms with Crippen LogP contribution < -0.4 is 10.1 Å². The number of amides is 2. The quantitative estimate of drug-likeness (QED) is 0.521. The lowest BCUT2D eigenvalue weighted by Crippen LogP contribution is -2.46. The van der Waals surface area contributed by atoms with Gasteiger partial charge in [0.05, 0.1) is 13.4 Å². The number of ether oxygens (including phenoxy) is 1. The van der Waals surface area contributed by atoms with Crippen LogP contribution in [-0.4, -0.2) is 29.9 Å². The van der Waals surface area contributed by atoms with Crippen molar-refractivity contribution < 1.29 is 18.7 Å². The molecule has 1 N–H and O–H groups in total. The second-order valence-electron chi connectivity index (χ2n) is 8.42. The van der Waals surface area contributed by atoms with Gasteiger partial charge < -0.3 is 19.4 Å². The molecule has 1 heterocycles.